The Labute approximate surface area is 76.1 Å². The first-order chi connectivity index (χ1) is 6.17. The molecule has 0 aromatic heterocycles. The second-order valence-corrected chi connectivity index (χ2v) is 2.33. The summed E-state index contributed by atoms with van der Waals surface area (Å²) in [4.78, 5) is 33.0. The van der Waals surface area contributed by atoms with Gasteiger partial charge in [-0.05, 0) is 13.0 Å². The van der Waals surface area contributed by atoms with Crippen molar-refractivity contribution in [2.75, 3.05) is 20.1 Å². The Morgan fingerprint density at radius 1 is 1.54 bits per heavy atom. The Kier molecular flexibility index (Phi) is 5.45. The molecular formula is C7H13N3O3. The van der Waals surface area contributed by atoms with Crippen molar-refractivity contribution < 1.29 is 14.4 Å². The number of nitrogens with zero attached hydrogens (tertiary/aromatic N) is 1. The number of amides is 3. The van der Waals surface area contributed by atoms with E-state index in [0.717, 1.165) is 4.90 Å². The van der Waals surface area contributed by atoms with E-state index in [1.54, 1.807) is 0 Å². The van der Waals surface area contributed by atoms with Gasteiger partial charge in [0.25, 0.3) is 0 Å². The molecule has 0 radical (unpaired) electrons. The van der Waals surface area contributed by atoms with Gasteiger partial charge in [-0.2, -0.15) is 0 Å². The quantitative estimate of drug-likeness (QED) is 0.396. The van der Waals surface area contributed by atoms with Gasteiger partial charge in [-0.1, -0.05) is 0 Å². The van der Waals surface area contributed by atoms with Gasteiger partial charge in [-0.15, -0.1) is 0 Å². The minimum atomic E-state index is -0.856. The molecule has 0 rings (SSSR count). The molecule has 3 amide bonds. The lowest BCUT2D eigenvalue weighted by Crippen LogP contribution is -2.41. The van der Waals surface area contributed by atoms with Crippen LogP contribution in [0.2, 0.25) is 0 Å². The average molecular weight is 187 g/mol. The van der Waals surface area contributed by atoms with Crippen molar-refractivity contribution in [2.45, 2.75) is 6.42 Å². The van der Waals surface area contributed by atoms with Gasteiger partial charge in [-0.3, -0.25) is 19.3 Å². The third-order valence-electron chi connectivity index (χ3n) is 1.41. The molecule has 0 fully saturated rings. The number of rotatable bonds is 4. The topological polar surface area (TPSA) is 92.5 Å². The van der Waals surface area contributed by atoms with Gasteiger partial charge >= 0.3 is 11.8 Å². The van der Waals surface area contributed by atoms with E-state index in [9.17, 15) is 14.4 Å². The van der Waals surface area contributed by atoms with Gasteiger partial charge in [0.05, 0.1) is 0 Å². The van der Waals surface area contributed by atoms with Crippen LogP contribution in [0, 0.1) is 0 Å². The van der Waals surface area contributed by atoms with Crippen LogP contribution >= 0.6 is 0 Å². The minimum absolute atomic E-state index is 0.173. The lowest BCUT2D eigenvalue weighted by atomic mass is 10.4. The molecule has 6 nitrogen and oxygen atoms in total. The molecule has 0 saturated carbocycles. The maximum absolute atomic E-state index is 11.1. The molecule has 0 spiro atoms. The molecule has 0 unspecified atom stereocenters. The highest BCUT2D eigenvalue weighted by Gasteiger charge is 2.18. The van der Waals surface area contributed by atoms with Crippen LogP contribution in [0.15, 0.2) is 0 Å². The fraction of sp³-hybridized carbons (Fsp3) is 0.571. The van der Waals surface area contributed by atoms with E-state index < -0.39 is 11.8 Å². The Balaban J connectivity index is 4.14. The van der Waals surface area contributed by atoms with Crippen LogP contribution in [-0.4, -0.2) is 43.3 Å². The molecule has 0 aromatic rings. The van der Waals surface area contributed by atoms with E-state index in [4.69, 9.17) is 5.73 Å². The smallest absolute Gasteiger partial charge is 0.318 e. The van der Waals surface area contributed by atoms with Crippen molar-refractivity contribution in [3.63, 3.8) is 0 Å². The van der Waals surface area contributed by atoms with Gasteiger partial charge in [0.1, 0.15) is 0 Å². The second kappa shape index (κ2) is 6.13. The molecule has 0 saturated heterocycles. The standard InChI is InChI=1S/C7H13N3O3/c1-9-6(12)7(13)10(5-11)4-2-3-8/h5H,2-4,8H2,1H3,(H,9,12). The predicted molar refractivity (Wildman–Crippen MR) is 45.5 cm³/mol. The minimum Gasteiger partial charge on any atom is -0.351 e. The summed E-state index contributed by atoms with van der Waals surface area (Å²) in [5.41, 5.74) is 5.19. The molecule has 6 heteroatoms. The predicted octanol–water partition coefficient (Wildman–Crippen LogP) is -1.93. The third kappa shape index (κ3) is 3.66. The van der Waals surface area contributed by atoms with E-state index in [1.807, 2.05) is 0 Å². The molecule has 0 aromatic carbocycles. The molecule has 13 heavy (non-hydrogen) atoms. The average Bonchev–Trinajstić information content (AvgIpc) is 2.17. The maximum Gasteiger partial charge on any atom is 0.318 e. The molecule has 0 bridgehead atoms. The van der Waals surface area contributed by atoms with Gasteiger partial charge < -0.3 is 11.1 Å². The highest BCUT2D eigenvalue weighted by molar-refractivity contribution is 6.36. The monoisotopic (exact) mass is 187 g/mol. The number of nitrogens with two attached hydrogens (primary N) is 1. The highest BCUT2D eigenvalue weighted by atomic mass is 16.2. The Morgan fingerprint density at radius 2 is 2.15 bits per heavy atom. The maximum atomic E-state index is 11.1. The van der Waals surface area contributed by atoms with Gasteiger partial charge in [0.2, 0.25) is 6.41 Å². The zero-order chi connectivity index (χ0) is 10.3. The number of hydrogen-bond donors (Lipinski definition) is 2. The van der Waals surface area contributed by atoms with Crippen LogP contribution in [-0.2, 0) is 14.4 Å². The summed E-state index contributed by atoms with van der Waals surface area (Å²) in [7, 11) is 1.33. The molecule has 3 N–H and O–H groups in total. The molecule has 0 atom stereocenters. The largest absolute Gasteiger partial charge is 0.351 e. The number of hydrogen-bond acceptors (Lipinski definition) is 4. The van der Waals surface area contributed by atoms with E-state index in [0.29, 0.717) is 19.4 Å². The zero-order valence-electron chi connectivity index (χ0n) is 7.45. The molecule has 74 valence electrons. The summed E-state index contributed by atoms with van der Waals surface area (Å²) in [6.07, 6.45) is 0.814. The number of nitrogens with one attached hydrogen (secondary N) is 1. The lowest BCUT2D eigenvalue weighted by molar-refractivity contribution is -0.148. The second-order valence-electron chi connectivity index (χ2n) is 2.33. The fourth-order valence-corrected chi connectivity index (χ4v) is 0.701. The Bertz CT molecular complexity index is 205. The summed E-state index contributed by atoms with van der Waals surface area (Å²) < 4.78 is 0. The van der Waals surface area contributed by atoms with Gasteiger partial charge in [0.15, 0.2) is 0 Å². The van der Waals surface area contributed by atoms with E-state index in [2.05, 4.69) is 5.32 Å². The highest BCUT2D eigenvalue weighted by Crippen LogP contribution is 1.88. The van der Waals surface area contributed by atoms with E-state index in [-0.39, 0.29) is 6.54 Å². The number of imide groups is 1. The normalized spacial score (nSPS) is 9.08. The summed E-state index contributed by atoms with van der Waals surface area (Å²) in [6.45, 7) is 0.539. The summed E-state index contributed by atoms with van der Waals surface area (Å²) in [5.74, 6) is -1.66. The van der Waals surface area contributed by atoms with Crippen molar-refractivity contribution in [1.29, 1.82) is 0 Å². The van der Waals surface area contributed by atoms with Gasteiger partial charge in [-0.25, -0.2) is 0 Å². The Morgan fingerprint density at radius 3 is 2.54 bits per heavy atom. The number of likely N-dealkylation sites (N-methyl/N-ethyl adjacent to an activating group) is 1. The SMILES string of the molecule is CNC(=O)C(=O)N(C=O)CCCN. The fourth-order valence-electron chi connectivity index (χ4n) is 0.701. The molecule has 0 heterocycles. The van der Waals surface area contributed by atoms with Crippen molar-refractivity contribution in [2.24, 2.45) is 5.73 Å². The van der Waals surface area contributed by atoms with Crippen LogP contribution < -0.4 is 11.1 Å². The first kappa shape index (κ1) is 11.6. The first-order valence-corrected chi connectivity index (χ1v) is 3.85. The number of carbonyl (C=O) groups is 3. The summed E-state index contributed by atoms with van der Waals surface area (Å²) in [5, 5.41) is 2.14. The summed E-state index contributed by atoms with van der Waals surface area (Å²) in [6, 6.07) is 0. The molecule has 0 aliphatic rings. The Hall–Kier alpha value is -1.43. The molecule has 0 aliphatic carbocycles. The first-order valence-electron chi connectivity index (χ1n) is 3.85. The van der Waals surface area contributed by atoms with Crippen molar-refractivity contribution >= 4 is 18.2 Å². The van der Waals surface area contributed by atoms with Crippen LogP contribution in [0.4, 0.5) is 0 Å². The van der Waals surface area contributed by atoms with Crippen LogP contribution in [0.1, 0.15) is 6.42 Å². The van der Waals surface area contributed by atoms with Gasteiger partial charge in [0, 0.05) is 13.6 Å². The molecule has 0 aliphatic heterocycles. The third-order valence-corrected chi connectivity index (χ3v) is 1.41. The lowest BCUT2D eigenvalue weighted by Gasteiger charge is -2.12. The summed E-state index contributed by atoms with van der Waals surface area (Å²) >= 11 is 0. The van der Waals surface area contributed by atoms with Crippen LogP contribution in [0.25, 0.3) is 0 Å². The van der Waals surface area contributed by atoms with Crippen LogP contribution in [0.5, 0.6) is 0 Å². The molecular weight excluding hydrogens is 174 g/mol. The number of carbonyl (C=O) groups excluding carboxylic acids is 3. The van der Waals surface area contributed by atoms with E-state index in [1.165, 1.54) is 7.05 Å². The van der Waals surface area contributed by atoms with Crippen molar-refractivity contribution in [3.05, 3.63) is 0 Å². The van der Waals surface area contributed by atoms with Crippen molar-refractivity contribution in [1.82, 2.24) is 10.2 Å². The van der Waals surface area contributed by atoms with Crippen LogP contribution in [0.3, 0.4) is 0 Å². The van der Waals surface area contributed by atoms with E-state index >= 15 is 0 Å². The zero-order valence-corrected chi connectivity index (χ0v) is 7.45. The van der Waals surface area contributed by atoms with Crippen molar-refractivity contribution in [3.8, 4) is 0 Å².